The van der Waals surface area contributed by atoms with Crippen molar-refractivity contribution in [3.63, 3.8) is 0 Å². The number of hydrogen-bond donors (Lipinski definition) is 1. The van der Waals surface area contributed by atoms with Crippen LogP contribution in [0.25, 0.3) is 0 Å². The van der Waals surface area contributed by atoms with E-state index >= 15 is 0 Å². The predicted octanol–water partition coefficient (Wildman–Crippen LogP) is 0.632. The molecule has 0 bridgehead atoms. The summed E-state index contributed by atoms with van der Waals surface area (Å²) in [5.41, 5.74) is 0. The molecule has 2 heterocycles. The molecule has 1 aliphatic carbocycles. The number of amides is 1. The molecule has 1 N–H and O–H groups in total. The third-order valence-electron chi connectivity index (χ3n) is 5.05. The number of carbonyl (C=O) groups excluding carboxylic acids is 1. The minimum atomic E-state index is -3.52. The highest BCUT2D eigenvalue weighted by atomic mass is 32.2. The van der Waals surface area contributed by atoms with Gasteiger partial charge in [0.15, 0.2) is 0 Å². The van der Waals surface area contributed by atoms with Crippen LogP contribution in [-0.2, 0) is 19.6 Å². The van der Waals surface area contributed by atoms with Crippen LogP contribution in [0.1, 0.15) is 19.8 Å². The van der Waals surface area contributed by atoms with E-state index in [0.717, 1.165) is 12.8 Å². The van der Waals surface area contributed by atoms with E-state index in [4.69, 9.17) is 4.74 Å². The molecule has 1 amide bonds. The molecular formula is C16H23N3O4S. The van der Waals surface area contributed by atoms with Crippen LogP contribution in [0.2, 0.25) is 0 Å². The maximum absolute atomic E-state index is 12.8. The van der Waals surface area contributed by atoms with E-state index in [1.165, 1.54) is 13.1 Å². The van der Waals surface area contributed by atoms with Gasteiger partial charge in [0, 0.05) is 39.5 Å². The van der Waals surface area contributed by atoms with Gasteiger partial charge in [0.25, 0.3) is 0 Å². The zero-order chi connectivity index (χ0) is 17.3. The van der Waals surface area contributed by atoms with Crippen molar-refractivity contribution in [3.05, 3.63) is 24.5 Å². The number of methoxy groups -OCH3 is 1. The molecule has 2 fully saturated rings. The molecule has 1 aromatic rings. The van der Waals surface area contributed by atoms with Crippen LogP contribution in [-0.4, -0.2) is 56.0 Å². The van der Waals surface area contributed by atoms with E-state index in [0.29, 0.717) is 13.1 Å². The molecule has 7 nitrogen and oxygen atoms in total. The number of hydrogen-bond acceptors (Lipinski definition) is 5. The van der Waals surface area contributed by atoms with Crippen LogP contribution >= 0.6 is 0 Å². The van der Waals surface area contributed by atoms with Crippen molar-refractivity contribution in [3.8, 4) is 0 Å². The van der Waals surface area contributed by atoms with Crippen LogP contribution in [0, 0.1) is 11.8 Å². The van der Waals surface area contributed by atoms with Crippen molar-refractivity contribution in [1.29, 1.82) is 0 Å². The van der Waals surface area contributed by atoms with Gasteiger partial charge in [-0.25, -0.2) is 8.42 Å². The van der Waals surface area contributed by atoms with E-state index < -0.39 is 10.0 Å². The SMILES string of the molecule is CO[C@@H]1C[C@H]2CN(S(=O)(=O)c3cccnc3)C[C@H]2C[C@H]1NC(C)=O. The molecule has 0 spiro atoms. The van der Waals surface area contributed by atoms with E-state index in [1.54, 1.807) is 29.7 Å². The number of nitrogens with zero attached hydrogens (tertiary/aromatic N) is 2. The standard InChI is InChI=1S/C16H23N3O4S/c1-11(20)18-15-6-12-9-19(10-13(12)7-16(15)23-2)24(21,22)14-4-3-5-17-8-14/h3-5,8,12-13,15-16H,6-7,9-10H2,1-2H3,(H,18,20)/t12-,13+,15-,16-/m1/s1. The van der Waals surface area contributed by atoms with Gasteiger partial charge in [-0.05, 0) is 36.8 Å². The lowest BCUT2D eigenvalue weighted by atomic mass is 9.77. The van der Waals surface area contributed by atoms with Gasteiger partial charge in [-0.3, -0.25) is 9.78 Å². The molecular weight excluding hydrogens is 330 g/mol. The third-order valence-corrected chi connectivity index (χ3v) is 6.86. The molecule has 132 valence electrons. The highest BCUT2D eigenvalue weighted by Gasteiger charge is 2.45. The zero-order valence-electron chi connectivity index (χ0n) is 13.9. The Labute approximate surface area is 142 Å². The Hall–Kier alpha value is -1.51. The van der Waals surface area contributed by atoms with Crippen LogP contribution < -0.4 is 5.32 Å². The molecule has 1 aromatic heterocycles. The number of nitrogens with one attached hydrogen (secondary N) is 1. The second kappa shape index (κ2) is 6.78. The fourth-order valence-electron chi connectivity index (χ4n) is 3.89. The predicted molar refractivity (Wildman–Crippen MR) is 87.6 cm³/mol. The molecule has 1 aliphatic heterocycles. The van der Waals surface area contributed by atoms with Crippen molar-refractivity contribution < 1.29 is 17.9 Å². The molecule has 2 aliphatic rings. The minimum absolute atomic E-state index is 0.0604. The van der Waals surface area contributed by atoms with Gasteiger partial charge in [-0.2, -0.15) is 4.31 Å². The zero-order valence-corrected chi connectivity index (χ0v) is 14.7. The number of ether oxygens (including phenoxy) is 1. The lowest BCUT2D eigenvalue weighted by Crippen LogP contribution is -2.49. The van der Waals surface area contributed by atoms with E-state index in [2.05, 4.69) is 10.3 Å². The van der Waals surface area contributed by atoms with Crippen molar-refractivity contribution in [2.75, 3.05) is 20.2 Å². The topological polar surface area (TPSA) is 88.6 Å². The van der Waals surface area contributed by atoms with Crippen molar-refractivity contribution >= 4 is 15.9 Å². The Morgan fingerprint density at radius 2 is 2.04 bits per heavy atom. The second-order valence-electron chi connectivity index (χ2n) is 6.58. The quantitative estimate of drug-likeness (QED) is 0.858. The highest BCUT2D eigenvalue weighted by molar-refractivity contribution is 7.89. The average molecular weight is 353 g/mol. The number of rotatable bonds is 4. The summed E-state index contributed by atoms with van der Waals surface area (Å²) >= 11 is 0. The molecule has 1 saturated heterocycles. The summed E-state index contributed by atoms with van der Waals surface area (Å²) in [6.45, 7) is 2.47. The summed E-state index contributed by atoms with van der Waals surface area (Å²) in [5, 5.41) is 2.94. The summed E-state index contributed by atoms with van der Waals surface area (Å²) in [6, 6.07) is 3.14. The first-order chi connectivity index (χ1) is 11.4. The highest BCUT2D eigenvalue weighted by Crippen LogP contribution is 2.39. The summed E-state index contributed by atoms with van der Waals surface area (Å²) in [6.07, 6.45) is 4.36. The largest absolute Gasteiger partial charge is 0.379 e. The Kier molecular flexibility index (Phi) is 4.89. The molecule has 4 atom stereocenters. The molecule has 0 unspecified atom stereocenters. The Morgan fingerprint density at radius 3 is 2.62 bits per heavy atom. The number of pyridine rings is 1. The van der Waals surface area contributed by atoms with Gasteiger partial charge in [0.2, 0.25) is 15.9 Å². The number of fused-ring (bicyclic) bond motifs is 1. The lowest BCUT2D eigenvalue weighted by Gasteiger charge is -2.37. The monoisotopic (exact) mass is 353 g/mol. The molecule has 3 rings (SSSR count). The van der Waals surface area contributed by atoms with Crippen molar-refractivity contribution in [2.24, 2.45) is 11.8 Å². The van der Waals surface area contributed by atoms with Crippen LogP contribution in [0.4, 0.5) is 0 Å². The average Bonchev–Trinajstić information content (AvgIpc) is 2.98. The Bertz CT molecular complexity index is 695. The number of aromatic nitrogens is 1. The molecule has 0 radical (unpaired) electrons. The number of sulfonamides is 1. The van der Waals surface area contributed by atoms with Gasteiger partial charge < -0.3 is 10.1 Å². The van der Waals surface area contributed by atoms with Crippen molar-refractivity contribution in [2.45, 2.75) is 36.8 Å². The molecule has 1 saturated carbocycles. The van der Waals surface area contributed by atoms with E-state index in [1.807, 2.05) is 0 Å². The summed E-state index contributed by atoms with van der Waals surface area (Å²) in [4.78, 5) is 15.5. The van der Waals surface area contributed by atoms with Gasteiger partial charge in [0.1, 0.15) is 4.90 Å². The second-order valence-corrected chi connectivity index (χ2v) is 8.52. The Morgan fingerprint density at radius 1 is 1.33 bits per heavy atom. The number of carbonyl (C=O) groups is 1. The van der Waals surface area contributed by atoms with E-state index in [-0.39, 0.29) is 34.8 Å². The first-order valence-electron chi connectivity index (χ1n) is 8.12. The van der Waals surface area contributed by atoms with Crippen LogP contribution in [0.3, 0.4) is 0 Å². The normalized spacial score (nSPS) is 30.8. The summed E-state index contributed by atoms with van der Waals surface area (Å²) in [5.74, 6) is 0.407. The first kappa shape index (κ1) is 17.3. The van der Waals surface area contributed by atoms with Crippen molar-refractivity contribution in [1.82, 2.24) is 14.6 Å². The van der Waals surface area contributed by atoms with Gasteiger partial charge in [-0.15, -0.1) is 0 Å². The summed E-state index contributed by atoms with van der Waals surface area (Å²) in [7, 11) is -1.88. The van der Waals surface area contributed by atoms with Gasteiger partial charge >= 0.3 is 0 Å². The maximum Gasteiger partial charge on any atom is 0.244 e. The fourth-order valence-corrected chi connectivity index (χ4v) is 5.41. The Balaban J connectivity index is 1.76. The van der Waals surface area contributed by atoms with Gasteiger partial charge in [-0.1, -0.05) is 0 Å². The molecule has 24 heavy (non-hydrogen) atoms. The summed E-state index contributed by atoms with van der Waals surface area (Å²) < 4.78 is 32.6. The van der Waals surface area contributed by atoms with Gasteiger partial charge in [0.05, 0.1) is 12.1 Å². The lowest BCUT2D eigenvalue weighted by molar-refractivity contribution is -0.121. The minimum Gasteiger partial charge on any atom is -0.379 e. The van der Waals surface area contributed by atoms with E-state index in [9.17, 15) is 13.2 Å². The fraction of sp³-hybridized carbons (Fsp3) is 0.625. The third kappa shape index (κ3) is 3.31. The first-order valence-corrected chi connectivity index (χ1v) is 9.56. The molecule has 8 heteroatoms. The smallest absolute Gasteiger partial charge is 0.244 e. The maximum atomic E-state index is 12.8. The molecule has 0 aromatic carbocycles. The van der Waals surface area contributed by atoms with Crippen LogP contribution in [0.15, 0.2) is 29.4 Å². The van der Waals surface area contributed by atoms with Crippen LogP contribution in [0.5, 0.6) is 0 Å².